The molecule has 4 nitrogen and oxygen atoms in total. The number of nitrogen functional groups attached to an aromatic ring is 1. The Balaban J connectivity index is 2.32. The molecular weight excluding hydrogens is 168 g/mol. The van der Waals surface area contributed by atoms with Gasteiger partial charge in [0.1, 0.15) is 0 Å². The molecule has 0 amide bonds. The van der Waals surface area contributed by atoms with Crippen molar-refractivity contribution in [3.63, 3.8) is 0 Å². The van der Waals surface area contributed by atoms with Crippen molar-refractivity contribution >= 4 is 5.69 Å². The van der Waals surface area contributed by atoms with Gasteiger partial charge in [-0.3, -0.25) is 5.84 Å². The maximum absolute atomic E-state index is 5.47. The lowest BCUT2D eigenvalue weighted by Gasteiger charge is -2.08. The topological polar surface area (TPSA) is 56.5 Å². The van der Waals surface area contributed by atoms with Gasteiger partial charge >= 0.3 is 0 Å². The fourth-order valence-corrected chi connectivity index (χ4v) is 1.25. The molecule has 0 atom stereocenters. The maximum Gasteiger partial charge on any atom is 0.163 e. The van der Waals surface area contributed by atoms with Crippen LogP contribution in [0, 0.1) is 0 Å². The Morgan fingerprint density at radius 1 is 1.15 bits per heavy atom. The Morgan fingerprint density at radius 2 is 1.92 bits per heavy atom. The number of rotatable bonds is 1. The van der Waals surface area contributed by atoms with Crippen molar-refractivity contribution < 1.29 is 9.47 Å². The molecule has 3 N–H and O–H groups in total. The molecule has 0 aliphatic carbocycles. The van der Waals surface area contributed by atoms with E-state index in [1.165, 1.54) is 0 Å². The fraction of sp³-hybridized carbons (Fsp3) is 0.333. The lowest BCUT2D eigenvalue weighted by molar-refractivity contribution is 0.297. The van der Waals surface area contributed by atoms with E-state index in [0.717, 1.165) is 23.6 Å². The molecule has 2 rings (SSSR count). The van der Waals surface area contributed by atoms with E-state index < -0.39 is 0 Å². The van der Waals surface area contributed by atoms with Crippen molar-refractivity contribution in [1.29, 1.82) is 0 Å². The number of nitrogens with two attached hydrogens (primary N) is 1. The summed E-state index contributed by atoms with van der Waals surface area (Å²) < 4.78 is 10.9. The highest BCUT2D eigenvalue weighted by Crippen LogP contribution is 2.31. The first-order chi connectivity index (χ1) is 6.40. The van der Waals surface area contributed by atoms with Gasteiger partial charge in [0.25, 0.3) is 0 Å². The normalized spacial score (nSPS) is 14.8. The van der Waals surface area contributed by atoms with Gasteiger partial charge in [0.15, 0.2) is 11.5 Å². The van der Waals surface area contributed by atoms with Crippen LogP contribution >= 0.6 is 0 Å². The van der Waals surface area contributed by atoms with E-state index in [-0.39, 0.29) is 0 Å². The Bertz CT molecular complexity index is 302. The molecule has 0 fully saturated rings. The predicted octanol–water partition coefficient (Wildman–Crippen LogP) is 1.13. The fourth-order valence-electron chi connectivity index (χ4n) is 1.25. The van der Waals surface area contributed by atoms with E-state index in [4.69, 9.17) is 15.3 Å². The Hall–Kier alpha value is -1.42. The molecule has 1 aromatic rings. The molecule has 1 aliphatic rings. The Kier molecular flexibility index (Phi) is 2.23. The summed E-state index contributed by atoms with van der Waals surface area (Å²) in [5.41, 5.74) is 3.39. The third-order valence-electron chi connectivity index (χ3n) is 1.91. The molecule has 70 valence electrons. The Labute approximate surface area is 76.6 Å². The van der Waals surface area contributed by atoms with Crippen molar-refractivity contribution in [2.75, 3.05) is 18.6 Å². The molecule has 0 saturated heterocycles. The lowest BCUT2D eigenvalue weighted by atomic mass is 10.3. The monoisotopic (exact) mass is 180 g/mol. The van der Waals surface area contributed by atoms with Gasteiger partial charge in [0.05, 0.1) is 18.9 Å². The second kappa shape index (κ2) is 3.53. The summed E-state index contributed by atoms with van der Waals surface area (Å²) in [5.74, 6) is 6.82. The van der Waals surface area contributed by atoms with Crippen LogP contribution in [0.1, 0.15) is 6.42 Å². The van der Waals surface area contributed by atoms with Crippen LogP contribution in [0.2, 0.25) is 0 Å². The molecule has 0 radical (unpaired) electrons. The van der Waals surface area contributed by atoms with Crippen LogP contribution in [0.15, 0.2) is 18.2 Å². The first kappa shape index (κ1) is 8.19. The van der Waals surface area contributed by atoms with Gasteiger partial charge in [-0.25, -0.2) is 0 Å². The summed E-state index contributed by atoms with van der Waals surface area (Å²) in [7, 11) is 0. The first-order valence-corrected chi connectivity index (χ1v) is 4.26. The van der Waals surface area contributed by atoms with Crippen molar-refractivity contribution in [1.82, 2.24) is 0 Å². The largest absolute Gasteiger partial charge is 0.490 e. The van der Waals surface area contributed by atoms with Gasteiger partial charge in [-0.05, 0) is 12.1 Å². The quantitative estimate of drug-likeness (QED) is 0.502. The smallest absolute Gasteiger partial charge is 0.163 e. The predicted molar refractivity (Wildman–Crippen MR) is 49.9 cm³/mol. The minimum absolute atomic E-state index is 0.695. The van der Waals surface area contributed by atoms with Gasteiger partial charge in [-0.2, -0.15) is 0 Å². The van der Waals surface area contributed by atoms with Crippen molar-refractivity contribution in [3.8, 4) is 11.5 Å². The average Bonchev–Trinajstić information content (AvgIpc) is 2.41. The minimum Gasteiger partial charge on any atom is -0.490 e. The van der Waals surface area contributed by atoms with Crippen LogP contribution in [0.3, 0.4) is 0 Å². The zero-order chi connectivity index (χ0) is 9.10. The highest BCUT2D eigenvalue weighted by Gasteiger charge is 2.09. The van der Waals surface area contributed by atoms with E-state index in [1.54, 1.807) is 0 Å². The summed E-state index contributed by atoms with van der Waals surface area (Å²) in [4.78, 5) is 0. The molecule has 1 aliphatic heterocycles. The van der Waals surface area contributed by atoms with Crippen LogP contribution in [0.25, 0.3) is 0 Å². The number of fused-ring (bicyclic) bond motifs is 1. The van der Waals surface area contributed by atoms with E-state index >= 15 is 0 Å². The summed E-state index contributed by atoms with van der Waals surface area (Å²) in [6.07, 6.45) is 0.917. The summed E-state index contributed by atoms with van der Waals surface area (Å²) in [6.45, 7) is 1.41. The zero-order valence-electron chi connectivity index (χ0n) is 7.25. The molecule has 0 bridgehead atoms. The second-order valence-electron chi connectivity index (χ2n) is 2.86. The van der Waals surface area contributed by atoms with Gasteiger partial charge in [-0.15, -0.1) is 0 Å². The third-order valence-corrected chi connectivity index (χ3v) is 1.91. The molecular formula is C9H12N2O2. The summed E-state index contributed by atoms with van der Waals surface area (Å²) in [6, 6.07) is 5.55. The number of hydrazine groups is 1. The molecule has 4 heteroatoms. The molecule has 0 unspecified atom stereocenters. The standard InChI is InChI=1S/C9H12N2O2/c10-11-7-2-3-8-9(6-7)13-5-1-4-12-8/h2-3,6,11H,1,4-5,10H2. The molecule has 13 heavy (non-hydrogen) atoms. The number of nitrogens with one attached hydrogen (secondary N) is 1. The third kappa shape index (κ3) is 1.67. The number of benzene rings is 1. The highest BCUT2D eigenvalue weighted by molar-refractivity contribution is 5.54. The highest BCUT2D eigenvalue weighted by atomic mass is 16.5. The average molecular weight is 180 g/mol. The lowest BCUT2D eigenvalue weighted by Crippen LogP contribution is -2.06. The van der Waals surface area contributed by atoms with Crippen molar-refractivity contribution in [2.45, 2.75) is 6.42 Å². The van der Waals surface area contributed by atoms with E-state index in [1.807, 2.05) is 18.2 Å². The van der Waals surface area contributed by atoms with Crippen molar-refractivity contribution in [2.24, 2.45) is 5.84 Å². The van der Waals surface area contributed by atoms with Gasteiger partial charge in [0.2, 0.25) is 0 Å². The zero-order valence-corrected chi connectivity index (χ0v) is 7.25. The summed E-state index contributed by atoms with van der Waals surface area (Å²) in [5, 5.41) is 0. The van der Waals surface area contributed by atoms with Gasteiger partial charge < -0.3 is 14.9 Å². The van der Waals surface area contributed by atoms with Gasteiger partial charge in [0, 0.05) is 12.5 Å². The van der Waals surface area contributed by atoms with Crippen LogP contribution in [-0.4, -0.2) is 13.2 Å². The second-order valence-corrected chi connectivity index (χ2v) is 2.86. The molecule has 1 heterocycles. The summed E-state index contributed by atoms with van der Waals surface area (Å²) >= 11 is 0. The first-order valence-electron chi connectivity index (χ1n) is 4.26. The van der Waals surface area contributed by atoms with Crippen LogP contribution in [0.5, 0.6) is 11.5 Å². The molecule has 1 aromatic carbocycles. The van der Waals surface area contributed by atoms with Crippen molar-refractivity contribution in [3.05, 3.63) is 18.2 Å². The van der Waals surface area contributed by atoms with E-state index in [2.05, 4.69) is 5.43 Å². The SMILES string of the molecule is NNc1ccc2c(c1)OCCCO2. The van der Waals surface area contributed by atoms with Gasteiger partial charge in [-0.1, -0.05) is 0 Å². The van der Waals surface area contributed by atoms with E-state index in [9.17, 15) is 0 Å². The van der Waals surface area contributed by atoms with Crippen LogP contribution in [0.4, 0.5) is 5.69 Å². The Morgan fingerprint density at radius 3 is 2.69 bits per heavy atom. The number of hydrogen-bond acceptors (Lipinski definition) is 4. The van der Waals surface area contributed by atoms with E-state index in [0.29, 0.717) is 13.2 Å². The van der Waals surface area contributed by atoms with Crippen LogP contribution in [-0.2, 0) is 0 Å². The molecule has 0 aromatic heterocycles. The number of anilines is 1. The number of ether oxygens (including phenoxy) is 2. The number of hydrogen-bond donors (Lipinski definition) is 2. The maximum atomic E-state index is 5.47. The molecule has 0 spiro atoms. The minimum atomic E-state index is 0.695. The van der Waals surface area contributed by atoms with Crippen LogP contribution < -0.4 is 20.7 Å². The molecule has 0 saturated carbocycles.